The molecule has 4 nitrogen and oxygen atoms in total. The van der Waals surface area contributed by atoms with Crippen molar-refractivity contribution in [2.24, 2.45) is 4.99 Å². The molecule has 0 aromatic heterocycles. The molecule has 2 N–H and O–H groups in total. The number of benzene rings is 2. The zero-order valence-electron chi connectivity index (χ0n) is 13.9. The average Bonchev–Trinajstić information content (AvgIpc) is 2.58. The first-order chi connectivity index (χ1) is 11.3. The summed E-state index contributed by atoms with van der Waals surface area (Å²) in [6, 6.07) is 18.5. The molecule has 0 radical (unpaired) electrons. The summed E-state index contributed by atoms with van der Waals surface area (Å²) in [6.45, 7) is 4.30. The van der Waals surface area contributed by atoms with Crippen molar-refractivity contribution in [2.45, 2.75) is 19.9 Å². The SMILES string of the molecule is COCCCNC(=NCc1ccc(C)cc1)Nc1ccccc1. The quantitative estimate of drug-likeness (QED) is 0.467. The molecule has 0 aliphatic heterocycles. The van der Waals surface area contributed by atoms with Gasteiger partial charge < -0.3 is 15.4 Å². The van der Waals surface area contributed by atoms with Crippen LogP contribution >= 0.6 is 0 Å². The Labute approximate surface area is 138 Å². The standard InChI is InChI=1S/C19H25N3O/c1-16-9-11-17(12-10-16)15-21-19(20-13-6-14-23-2)22-18-7-4-3-5-8-18/h3-5,7-12H,6,13-15H2,1-2H3,(H2,20,21,22). The van der Waals surface area contributed by atoms with Crippen molar-refractivity contribution in [2.75, 3.05) is 25.6 Å². The number of hydrogen-bond donors (Lipinski definition) is 2. The van der Waals surface area contributed by atoms with Gasteiger partial charge in [-0.1, -0.05) is 48.0 Å². The van der Waals surface area contributed by atoms with Crippen molar-refractivity contribution < 1.29 is 4.74 Å². The van der Waals surface area contributed by atoms with E-state index in [-0.39, 0.29) is 0 Å². The summed E-state index contributed by atoms with van der Waals surface area (Å²) in [7, 11) is 1.72. The summed E-state index contributed by atoms with van der Waals surface area (Å²) < 4.78 is 5.08. The summed E-state index contributed by atoms with van der Waals surface area (Å²) in [5.41, 5.74) is 3.48. The predicted octanol–water partition coefficient (Wildman–Crippen LogP) is 3.59. The molecule has 122 valence electrons. The van der Waals surface area contributed by atoms with E-state index in [1.54, 1.807) is 7.11 Å². The maximum absolute atomic E-state index is 5.08. The van der Waals surface area contributed by atoms with E-state index < -0.39 is 0 Å². The largest absolute Gasteiger partial charge is 0.385 e. The highest BCUT2D eigenvalue weighted by Gasteiger charge is 2.00. The Morgan fingerprint density at radius 1 is 1.04 bits per heavy atom. The molecule has 0 atom stereocenters. The molecule has 0 aliphatic carbocycles. The molecule has 4 heteroatoms. The third-order valence-corrected chi connectivity index (χ3v) is 3.39. The van der Waals surface area contributed by atoms with E-state index >= 15 is 0 Å². The normalized spacial score (nSPS) is 11.3. The number of methoxy groups -OCH3 is 1. The van der Waals surface area contributed by atoms with Crippen LogP contribution in [-0.2, 0) is 11.3 Å². The number of guanidine groups is 1. The van der Waals surface area contributed by atoms with Gasteiger partial charge >= 0.3 is 0 Å². The summed E-state index contributed by atoms with van der Waals surface area (Å²) in [5.74, 6) is 0.785. The van der Waals surface area contributed by atoms with Crippen LogP contribution < -0.4 is 10.6 Å². The molecule has 0 amide bonds. The first-order valence-electron chi connectivity index (χ1n) is 7.93. The van der Waals surface area contributed by atoms with E-state index in [1.165, 1.54) is 11.1 Å². The summed E-state index contributed by atoms with van der Waals surface area (Å²) in [6.07, 6.45) is 0.941. The lowest BCUT2D eigenvalue weighted by Crippen LogP contribution is -2.32. The van der Waals surface area contributed by atoms with Gasteiger partial charge in [-0.25, -0.2) is 4.99 Å². The minimum absolute atomic E-state index is 0.646. The molecule has 0 fully saturated rings. The van der Waals surface area contributed by atoms with Crippen molar-refractivity contribution in [3.8, 4) is 0 Å². The van der Waals surface area contributed by atoms with Crippen LogP contribution in [0.25, 0.3) is 0 Å². The van der Waals surface area contributed by atoms with Crippen LogP contribution in [0.1, 0.15) is 17.5 Å². The van der Waals surface area contributed by atoms with E-state index in [2.05, 4.69) is 46.8 Å². The van der Waals surface area contributed by atoms with Crippen LogP contribution in [0.3, 0.4) is 0 Å². The molecule has 0 unspecified atom stereocenters. The minimum Gasteiger partial charge on any atom is -0.385 e. The third-order valence-electron chi connectivity index (χ3n) is 3.39. The first kappa shape index (κ1) is 17.0. The van der Waals surface area contributed by atoms with Crippen molar-refractivity contribution in [1.82, 2.24) is 5.32 Å². The summed E-state index contributed by atoms with van der Waals surface area (Å²) in [4.78, 5) is 4.67. The summed E-state index contributed by atoms with van der Waals surface area (Å²) in [5, 5.41) is 6.68. The van der Waals surface area contributed by atoms with E-state index in [0.29, 0.717) is 6.54 Å². The summed E-state index contributed by atoms with van der Waals surface area (Å²) >= 11 is 0. The Kier molecular flexibility index (Phi) is 7.14. The van der Waals surface area contributed by atoms with Gasteiger partial charge in [0.25, 0.3) is 0 Å². The van der Waals surface area contributed by atoms with Crippen LogP contribution in [0.2, 0.25) is 0 Å². The molecular formula is C19H25N3O. The van der Waals surface area contributed by atoms with Crippen molar-refractivity contribution in [3.05, 3.63) is 65.7 Å². The predicted molar refractivity (Wildman–Crippen MR) is 96.9 cm³/mol. The zero-order valence-corrected chi connectivity index (χ0v) is 13.9. The molecule has 0 saturated carbocycles. The highest BCUT2D eigenvalue weighted by atomic mass is 16.5. The zero-order chi connectivity index (χ0) is 16.3. The maximum Gasteiger partial charge on any atom is 0.196 e. The molecule has 2 rings (SSSR count). The van der Waals surface area contributed by atoms with Crippen molar-refractivity contribution >= 4 is 11.6 Å². The topological polar surface area (TPSA) is 45.6 Å². The monoisotopic (exact) mass is 311 g/mol. The number of nitrogens with one attached hydrogen (secondary N) is 2. The smallest absolute Gasteiger partial charge is 0.196 e. The fourth-order valence-corrected chi connectivity index (χ4v) is 2.08. The number of rotatable bonds is 7. The molecule has 0 saturated heterocycles. The van der Waals surface area contributed by atoms with Gasteiger partial charge in [-0.2, -0.15) is 0 Å². The van der Waals surface area contributed by atoms with Gasteiger partial charge in [-0.15, -0.1) is 0 Å². The van der Waals surface area contributed by atoms with Crippen LogP contribution in [0.15, 0.2) is 59.6 Å². The highest BCUT2D eigenvalue weighted by molar-refractivity contribution is 5.93. The minimum atomic E-state index is 0.646. The fourth-order valence-electron chi connectivity index (χ4n) is 2.08. The Balaban J connectivity index is 1.99. The second-order valence-electron chi connectivity index (χ2n) is 5.41. The average molecular weight is 311 g/mol. The Morgan fingerprint density at radius 2 is 1.78 bits per heavy atom. The van der Waals surface area contributed by atoms with Gasteiger partial charge in [0.2, 0.25) is 0 Å². The Morgan fingerprint density at radius 3 is 2.48 bits per heavy atom. The molecule has 0 spiro atoms. The van der Waals surface area contributed by atoms with Gasteiger partial charge in [-0.3, -0.25) is 0 Å². The fraction of sp³-hybridized carbons (Fsp3) is 0.316. The van der Waals surface area contributed by atoms with E-state index in [1.807, 2.05) is 30.3 Å². The highest BCUT2D eigenvalue weighted by Crippen LogP contribution is 2.07. The van der Waals surface area contributed by atoms with Crippen LogP contribution in [0.4, 0.5) is 5.69 Å². The number of nitrogens with zero attached hydrogens (tertiary/aromatic N) is 1. The van der Waals surface area contributed by atoms with Crippen molar-refractivity contribution in [3.63, 3.8) is 0 Å². The second kappa shape index (κ2) is 9.64. The van der Waals surface area contributed by atoms with E-state index in [0.717, 1.165) is 31.2 Å². The molecular weight excluding hydrogens is 286 g/mol. The molecule has 0 aliphatic rings. The van der Waals surface area contributed by atoms with Crippen LogP contribution in [0.5, 0.6) is 0 Å². The van der Waals surface area contributed by atoms with E-state index in [4.69, 9.17) is 4.74 Å². The van der Waals surface area contributed by atoms with Crippen molar-refractivity contribution in [1.29, 1.82) is 0 Å². The van der Waals surface area contributed by atoms with Gasteiger partial charge in [0, 0.05) is 25.9 Å². The number of para-hydroxylation sites is 1. The van der Waals surface area contributed by atoms with Gasteiger partial charge in [0.15, 0.2) is 5.96 Å². The molecule has 2 aromatic rings. The second-order valence-corrected chi connectivity index (χ2v) is 5.41. The Bertz CT molecular complexity index is 594. The molecule has 0 bridgehead atoms. The number of aryl methyl sites for hydroxylation is 1. The number of anilines is 1. The van der Waals surface area contributed by atoms with E-state index in [9.17, 15) is 0 Å². The molecule has 23 heavy (non-hydrogen) atoms. The third kappa shape index (κ3) is 6.53. The Hall–Kier alpha value is -2.33. The van der Waals surface area contributed by atoms with Crippen LogP contribution in [-0.4, -0.2) is 26.2 Å². The molecule has 0 heterocycles. The molecule has 2 aromatic carbocycles. The lowest BCUT2D eigenvalue weighted by atomic mass is 10.1. The lowest BCUT2D eigenvalue weighted by Gasteiger charge is -2.12. The first-order valence-corrected chi connectivity index (χ1v) is 7.93. The number of hydrogen-bond acceptors (Lipinski definition) is 2. The van der Waals surface area contributed by atoms with Gasteiger partial charge in [0.1, 0.15) is 0 Å². The number of aliphatic imine (C=N–C) groups is 1. The lowest BCUT2D eigenvalue weighted by molar-refractivity contribution is 0.195. The van der Waals surface area contributed by atoms with Crippen LogP contribution in [0, 0.1) is 6.92 Å². The van der Waals surface area contributed by atoms with Gasteiger partial charge in [0.05, 0.1) is 6.54 Å². The maximum atomic E-state index is 5.08. The van der Waals surface area contributed by atoms with Gasteiger partial charge in [-0.05, 0) is 31.0 Å². The number of ether oxygens (including phenoxy) is 1.